The van der Waals surface area contributed by atoms with E-state index in [0.717, 1.165) is 17.2 Å². The molecule has 0 fully saturated rings. The van der Waals surface area contributed by atoms with Gasteiger partial charge in [0.15, 0.2) is 5.82 Å². The SMILES string of the molecule is CC(C)c1nn(C)c(N(CCC#N)C(C)C)c1N. The van der Waals surface area contributed by atoms with E-state index in [9.17, 15) is 0 Å². The van der Waals surface area contributed by atoms with Crippen LogP contribution in [-0.2, 0) is 7.05 Å². The number of nitrogens with zero attached hydrogens (tertiary/aromatic N) is 4. The lowest BCUT2D eigenvalue weighted by atomic mass is 10.1. The quantitative estimate of drug-likeness (QED) is 0.868. The fourth-order valence-corrected chi connectivity index (χ4v) is 2.10. The van der Waals surface area contributed by atoms with Crippen LogP contribution in [0.5, 0.6) is 0 Å². The van der Waals surface area contributed by atoms with Crippen molar-refractivity contribution in [1.82, 2.24) is 9.78 Å². The highest BCUT2D eigenvalue weighted by molar-refractivity contribution is 5.67. The third kappa shape index (κ3) is 2.76. The molecule has 18 heavy (non-hydrogen) atoms. The van der Waals surface area contributed by atoms with Crippen LogP contribution < -0.4 is 10.6 Å². The highest BCUT2D eigenvalue weighted by Crippen LogP contribution is 2.31. The minimum Gasteiger partial charge on any atom is -0.394 e. The summed E-state index contributed by atoms with van der Waals surface area (Å²) in [6.45, 7) is 9.03. The molecule has 0 aliphatic carbocycles. The first kappa shape index (κ1) is 14.4. The molecule has 2 N–H and O–H groups in total. The Hall–Kier alpha value is -1.70. The second kappa shape index (κ2) is 5.76. The molecule has 0 spiro atoms. The first-order chi connectivity index (χ1) is 8.40. The molecule has 0 unspecified atom stereocenters. The van der Waals surface area contributed by atoms with Gasteiger partial charge in [-0.05, 0) is 19.8 Å². The van der Waals surface area contributed by atoms with Crippen molar-refractivity contribution in [2.24, 2.45) is 7.05 Å². The summed E-state index contributed by atoms with van der Waals surface area (Å²) in [5, 5.41) is 13.2. The van der Waals surface area contributed by atoms with Gasteiger partial charge in [-0.3, -0.25) is 4.68 Å². The van der Waals surface area contributed by atoms with Gasteiger partial charge in [-0.15, -0.1) is 0 Å². The summed E-state index contributed by atoms with van der Waals surface area (Å²) in [5.74, 6) is 1.22. The van der Waals surface area contributed by atoms with E-state index in [1.54, 1.807) is 0 Å². The Kier molecular flexibility index (Phi) is 4.60. The Labute approximate surface area is 109 Å². The predicted octanol–water partition coefficient (Wildman–Crippen LogP) is 2.25. The van der Waals surface area contributed by atoms with Crippen LogP contribution in [-0.4, -0.2) is 22.4 Å². The highest BCUT2D eigenvalue weighted by Gasteiger charge is 2.22. The number of hydrogen-bond donors (Lipinski definition) is 1. The number of aromatic nitrogens is 2. The van der Waals surface area contributed by atoms with E-state index in [4.69, 9.17) is 11.0 Å². The van der Waals surface area contributed by atoms with Gasteiger partial charge < -0.3 is 10.6 Å². The van der Waals surface area contributed by atoms with Gasteiger partial charge in [0, 0.05) is 19.6 Å². The molecule has 1 aromatic rings. The maximum atomic E-state index is 8.75. The summed E-state index contributed by atoms with van der Waals surface area (Å²) >= 11 is 0. The lowest BCUT2D eigenvalue weighted by molar-refractivity contribution is 0.635. The zero-order chi connectivity index (χ0) is 13.9. The maximum absolute atomic E-state index is 8.75. The summed E-state index contributed by atoms with van der Waals surface area (Å²) < 4.78 is 1.82. The summed E-state index contributed by atoms with van der Waals surface area (Å²) in [4.78, 5) is 2.14. The fraction of sp³-hybridized carbons (Fsp3) is 0.692. The molecule has 0 bridgehead atoms. The summed E-state index contributed by atoms with van der Waals surface area (Å²) in [6, 6.07) is 2.47. The van der Waals surface area contributed by atoms with Gasteiger partial charge in [-0.2, -0.15) is 10.4 Å². The first-order valence-electron chi connectivity index (χ1n) is 6.36. The fourth-order valence-electron chi connectivity index (χ4n) is 2.10. The molecule has 0 aliphatic heterocycles. The zero-order valence-electron chi connectivity index (χ0n) is 11.9. The molecular formula is C13H23N5. The van der Waals surface area contributed by atoms with E-state index in [-0.39, 0.29) is 6.04 Å². The van der Waals surface area contributed by atoms with Crippen molar-refractivity contribution in [1.29, 1.82) is 5.26 Å². The van der Waals surface area contributed by atoms with Gasteiger partial charge >= 0.3 is 0 Å². The van der Waals surface area contributed by atoms with E-state index >= 15 is 0 Å². The van der Waals surface area contributed by atoms with Gasteiger partial charge in [0.2, 0.25) is 0 Å². The number of anilines is 2. The average molecular weight is 249 g/mol. The Bertz CT molecular complexity index is 439. The van der Waals surface area contributed by atoms with Gasteiger partial charge in [-0.1, -0.05) is 13.8 Å². The number of nitriles is 1. The molecule has 0 aliphatic rings. The first-order valence-corrected chi connectivity index (χ1v) is 6.36. The molecule has 100 valence electrons. The van der Waals surface area contributed by atoms with Crippen LogP contribution in [0.15, 0.2) is 0 Å². The van der Waals surface area contributed by atoms with Gasteiger partial charge in [0.05, 0.1) is 23.9 Å². The van der Waals surface area contributed by atoms with Crippen LogP contribution in [0.3, 0.4) is 0 Å². The molecule has 1 aromatic heterocycles. The van der Waals surface area contributed by atoms with E-state index in [0.29, 0.717) is 18.9 Å². The Balaban J connectivity index is 3.16. The van der Waals surface area contributed by atoms with Crippen molar-refractivity contribution in [2.45, 2.75) is 46.1 Å². The number of hydrogen-bond acceptors (Lipinski definition) is 4. The Morgan fingerprint density at radius 2 is 2.00 bits per heavy atom. The van der Waals surface area contributed by atoms with Crippen molar-refractivity contribution in [3.63, 3.8) is 0 Å². The largest absolute Gasteiger partial charge is 0.394 e. The minimum absolute atomic E-state index is 0.288. The van der Waals surface area contributed by atoms with Crippen molar-refractivity contribution < 1.29 is 0 Å². The normalized spacial score (nSPS) is 11.0. The molecule has 0 saturated carbocycles. The number of nitrogens with two attached hydrogens (primary N) is 1. The van der Waals surface area contributed by atoms with Crippen LogP contribution in [0.1, 0.15) is 45.7 Å². The van der Waals surface area contributed by atoms with Gasteiger partial charge in [0.1, 0.15) is 0 Å². The van der Waals surface area contributed by atoms with Crippen LogP contribution in [0.2, 0.25) is 0 Å². The minimum atomic E-state index is 0.288. The second-order valence-electron chi connectivity index (χ2n) is 5.10. The van der Waals surface area contributed by atoms with Crippen molar-refractivity contribution in [3.05, 3.63) is 5.69 Å². The lowest BCUT2D eigenvalue weighted by Crippen LogP contribution is -2.33. The standard InChI is InChI=1S/C13H23N5/c1-9(2)12-11(15)13(17(5)16-12)18(10(3)4)8-6-7-14/h9-10H,6,8,15H2,1-5H3. The molecule has 1 rings (SSSR count). The van der Waals surface area contributed by atoms with Crippen molar-refractivity contribution in [2.75, 3.05) is 17.2 Å². The molecule has 0 radical (unpaired) electrons. The summed E-state index contributed by atoms with van der Waals surface area (Å²) in [7, 11) is 1.90. The number of rotatable bonds is 5. The Morgan fingerprint density at radius 3 is 2.39 bits per heavy atom. The molecule has 0 atom stereocenters. The summed E-state index contributed by atoms with van der Waals surface area (Å²) in [6.07, 6.45) is 0.486. The Morgan fingerprint density at radius 1 is 1.39 bits per heavy atom. The average Bonchev–Trinajstić information content (AvgIpc) is 2.57. The van der Waals surface area contributed by atoms with Crippen LogP contribution >= 0.6 is 0 Å². The van der Waals surface area contributed by atoms with E-state index in [2.05, 4.69) is 43.8 Å². The molecular weight excluding hydrogens is 226 g/mol. The molecule has 1 heterocycles. The van der Waals surface area contributed by atoms with E-state index in [1.807, 2.05) is 11.7 Å². The smallest absolute Gasteiger partial charge is 0.150 e. The van der Waals surface area contributed by atoms with Crippen molar-refractivity contribution in [3.8, 4) is 6.07 Å². The molecule has 5 heteroatoms. The third-order valence-corrected chi connectivity index (χ3v) is 2.99. The van der Waals surface area contributed by atoms with E-state index < -0.39 is 0 Å². The maximum Gasteiger partial charge on any atom is 0.150 e. The number of aryl methyl sites for hydroxylation is 1. The molecule has 0 aromatic carbocycles. The highest BCUT2D eigenvalue weighted by atomic mass is 15.4. The molecule has 0 amide bonds. The topological polar surface area (TPSA) is 70.9 Å². The number of nitrogen functional groups attached to an aromatic ring is 1. The monoisotopic (exact) mass is 249 g/mol. The lowest BCUT2D eigenvalue weighted by Gasteiger charge is -2.28. The van der Waals surface area contributed by atoms with Crippen LogP contribution in [0, 0.1) is 11.3 Å². The van der Waals surface area contributed by atoms with Crippen molar-refractivity contribution >= 4 is 11.5 Å². The van der Waals surface area contributed by atoms with Crippen LogP contribution in [0.25, 0.3) is 0 Å². The molecule has 0 saturated heterocycles. The van der Waals surface area contributed by atoms with Gasteiger partial charge in [0.25, 0.3) is 0 Å². The van der Waals surface area contributed by atoms with E-state index in [1.165, 1.54) is 0 Å². The zero-order valence-corrected chi connectivity index (χ0v) is 11.9. The van der Waals surface area contributed by atoms with Crippen LogP contribution in [0.4, 0.5) is 11.5 Å². The third-order valence-electron chi connectivity index (χ3n) is 2.99. The molecule has 5 nitrogen and oxygen atoms in total. The summed E-state index contributed by atoms with van der Waals surface area (Å²) in [5.41, 5.74) is 7.87. The van der Waals surface area contributed by atoms with Gasteiger partial charge in [-0.25, -0.2) is 0 Å². The predicted molar refractivity (Wildman–Crippen MR) is 74.4 cm³/mol. The second-order valence-corrected chi connectivity index (χ2v) is 5.10.